The zero-order chi connectivity index (χ0) is 22.1. The standard InChI is InChI=1S/C24H35N5O3/c1-17-15-18(2)29(26-17)10-5-21(30)28-11-8-24(9-12-28,16-19-3-4-19)23-25-22(32-27-23)20-6-13-31-14-7-20/h15,19-20H,3-14,16H2,1-2H3. The van der Waals surface area contributed by atoms with Gasteiger partial charge >= 0.3 is 0 Å². The first-order chi connectivity index (χ1) is 15.5. The summed E-state index contributed by atoms with van der Waals surface area (Å²) in [7, 11) is 0. The van der Waals surface area contributed by atoms with Crippen molar-refractivity contribution in [2.75, 3.05) is 26.3 Å². The lowest BCUT2D eigenvalue weighted by Gasteiger charge is -2.40. The third kappa shape index (κ3) is 4.60. The van der Waals surface area contributed by atoms with E-state index in [2.05, 4.69) is 16.3 Å². The lowest BCUT2D eigenvalue weighted by atomic mass is 9.73. The molecule has 0 bridgehead atoms. The Hall–Kier alpha value is -2.22. The third-order valence-electron chi connectivity index (χ3n) is 7.58. The smallest absolute Gasteiger partial charge is 0.229 e. The summed E-state index contributed by atoms with van der Waals surface area (Å²) in [6.07, 6.45) is 7.96. The molecule has 2 aromatic rings. The van der Waals surface area contributed by atoms with Gasteiger partial charge in [-0.3, -0.25) is 9.48 Å². The minimum Gasteiger partial charge on any atom is -0.381 e. The molecule has 0 radical (unpaired) electrons. The van der Waals surface area contributed by atoms with E-state index in [1.165, 1.54) is 12.8 Å². The van der Waals surface area contributed by atoms with Gasteiger partial charge in [-0.25, -0.2) is 0 Å². The SMILES string of the molecule is Cc1cc(C)n(CCC(=O)N2CCC(CC3CC3)(c3noc(C4CCOCC4)n3)CC2)n1. The van der Waals surface area contributed by atoms with Crippen LogP contribution in [0.3, 0.4) is 0 Å². The van der Waals surface area contributed by atoms with Crippen molar-refractivity contribution >= 4 is 5.91 Å². The van der Waals surface area contributed by atoms with E-state index in [-0.39, 0.29) is 11.3 Å². The van der Waals surface area contributed by atoms with Crippen molar-refractivity contribution in [2.24, 2.45) is 5.92 Å². The van der Waals surface area contributed by atoms with Crippen LogP contribution >= 0.6 is 0 Å². The molecular weight excluding hydrogens is 406 g/mol. The van der Waals surface area contributed by atoms with Crippen molar-refractivity contribution in [3.63, 3.8) is 0 Å². The second kappa shape index (κ2) is 8.96. The Balaban J connectivity index is 1.23. The van der Waals surface area contributed by atoms with E-state index in [1.54, 1.807) is 0 Å². The molecule has 174 valence electrons. The molecule has 0 unspecified atom stereocenters. The number of carbonyl (C=O) groups excluding carboxylic acids is 1. The quantitative estimate of drug-likeness (QED) is 0.653. The molecule has 0 atom stereocenters. The fourth-order valence-corrected chi connectivity index (χ4v) is 5.40. The Labute approximate surface area is 189 Å². The largest absolute Gasteiger partial charge is 0.381 e. The number of ether oxygens (including phenoxy) is 1. The van der Waals surface area contributed by atoms with Gasteiger partial charge in [-0.2, -0.15) is 10.1 Å². The Morgan fingerprint density at radius 1 is 1.16 bits per heavy atom. The highest BCUT2D eigenvalue weighted by Crippen LogP contribution is 2.47. The Kier molecular flexibility index (Phi) is 6.05. The second-order valence-electron chi connectivity index (χ2n) is 10.1. The first-order valence-corrected chi connectivity index (χ1v) is 12.2. The monoisotopic (exact) mass is 441 g/mol. The average molecular weight is 442 g/mol. The van der Waals surface area contributed by atoms with Crippen molar-refractivity contribution < 1.29 is 14.1 Å². The highest BCUT2D eigenvalue weighted by Gasteiger charge is 2.45. The molecule has 3 aliphatic rings. The number of aromatic nitrogens is 4. The maximum atomic E-state index is 12.9. The highest BCUT2D eigenvalue weighted by atomic mass is 16.5. The summed E-state index contributed by atoms with van der Waals surface area (Å²) in [5.74, 6) is 2.96. The van der Waals surface area contributed by atoms with Crippen LogP contribution in [0.4, 0.5) is 0 Å². The van der Waals surface area contributed by atoms with E-state index in [4.69, 9.17) is 14.2 Å². The fraction of sp³-hybridized carbons (Fsp3) is 0.750. The molecule has 0 aromatic carbocycles. The van der Waals surface area contributed by atoms with Crippen LogP contribution in [0.25, 0.3) is 0 Å². The fourth-order valence-electron chi connectivity index (χ4n) is 5.40. The van der Waals surface area contributed by atoms with E-state index in [0.717, 1.165) is 87.4 Å². The van der Waals surface area contributed by atoms with Crippen LogP contribution in [0, 0.1) is 19.8 Å². The number of carbonyl (C=O) groups is 1. The molecule has 1 saturated carbocycles. The minimum absolute atomic E-state index is 0.0550. The number of piperidine rings is 1. The molecule has 32 heavy (non-hydrogen) atoms. The van der Waals surface area contributed by atoms with Crippen LogP contribution in [-0.4, -0.2) is 57.0 Å². The Morgan fingerprint density at radius 2 is 1.91 bits per heavy atom. The molecule has 3 fully saturated rings. The van der Waals surface area contributed by atoms with Crippen LogP contribution in [0.1, 0.15) is 80.4 Å². The van der Waals surface area contributed by atoms with E-state index in [9.17, 15) is 4.79 Å². The van der Waals surface area contributed by atoms with Gasteiger partial charge in [-0.15, -0.1) is 0 Å². The van der Waals surface area contributed by atoms with Crippen LogP contribution in [0.2, 0.25) is 0 Å². The van der Waals surface area contributed by atoms with Gasteiger partial charge in [0.1, 0.15) is 0 Å². The highest BCUT2D eigenvalue weighted by molar-refractivity contribution is 5.76. The number of rotatable bonds is 7. The van der Waals surface area contributed by atoms with Crippen molar-refractivity contribution in [1.82, 2.24) is 24.8 Å². The predicted octanol–water partition coefficient (Wildman–Crippen LogP) is 3.53. The third-order valence-corrected chi connectivity index (χ3v) is 7.58. The summed E-state index contributed by atoms with van der Waals surface area (Å²) >= 11 is 0. The second-order valence-corrected chi connectivity index (χ2v) is 10.1. The zero-order valence-electron chi connectivity index (χ0n) is 19.4. The molecule has 4 heterocycles. The average Bonchev–Trinajstić information content (AvgIpc) is 3.35. The van der Waals surface area contributed by atoms with Crippen LogP contribution in [0.15, 0.2) is 10.6 Å². The van der Waals surface area contributed by atoms with Gasteiger partial charge < -0.3 is 14.2 Å². The molecule has 1 aliphatic carbocycles. The number of hydrogen-bond acceptors (Lipinski definition) is 6. The Bertz CT molecular complexity index is 933. The summed E-state index contributed by atoms with van der Waals surface area (Å²) in [5, 5.41) is 8.97. The van der Waals surface area contributed by atoms with Gasteiger partial charge in [0, 0.05) is 56.3 Å². The summed E-state index contributed by atoms with van der Waals surface area (Å²) in [6.45, 7) is 7.74. The first-order valence-electron chi connectivity index (χ1n) is 12.2. The van der Waals surface area contributed by atoms with E-state index < -0.39 is 0 Å². The van der Waals surface area contributed by atoms with Gasteiger partial charge in [0.05, 0.1) is 5.69 Å². The molecule has 1 amide bonds. The number of hydrogen-bond donors (Lipinski definition) is 0. The summed E-state index contributed by atoms with van der Waals surface area (Å²) in [4.78, 5) is 19.8. The van der Waals surface area contributed by atoms with Gasteiger partial charge in [0.15, 0.2) is 5.82 Å². The molecule has 8 heteroatoms. The topological polar surface area (TPSA) is 86.3 Å². The van der Waals surface area contributed by atoms with Crippen LogP contribution < -0.4 is 0 Å². The van der Waals surface area contributed by atoms with E-state index in [0.29, 0.717) is 18.9 Å². The van der Waals surface area contributed by atoms with Crippen molar-refractivity contribution in [3.8, 4) is 0 Å². The van der Waals surface area contributed by atoms with Crippen molar-refractivity contribution in [1.29, 1.82) is 0 Å². The number of amides is 1. The van der Waals surface area contributed by atoms with Gasteiger partial charge in [0.2, 0.25) is 11.8 Å². The molecule has 8 nitrogen and oxygen atoms in total. The minimum atomic E-state index is -0.0550. The molecule has 2 aromatic heterocycles. The summed E-state index contributed by atoms with van der Waals surface area (Å²) < 4.78 is 13.2. The van der Waals surface area contributed by atoms with Crippen LogP contribution in [0.5, 0.6) is 0 Å². The summed E-state index contributed by atoms with van der Waals surface area (Å²) in [5.41, 5.74) is 2.05. The first kappa shape index (κ1) is 21.6. The summed E-state index contributed by atoms with van der Waals surface area (Å²) in [6, 6.07) is 2.05. The molecule has 5 rings (SSSR count). The van der Waals surface area contributed by atoms with Crippen molar-refractivity contribution in [3.05, 3.63) is 29.2 Å². The maximum Gasteiger partial charge on any atom is 0.229 e. The van der Waals surface area contributed by atoms with Gasteiger partial charge in [-0.05, 0) is 57.9 Å². The lowest BCUT2D eigenvalue weighted by Crippen LogP contribution is -2.46. The number of likely N-dealkylation sites (tertiary alicyclic amines) is 1. The normalized spacial score (nSPS) is 21.8. The predicted molar refractivity (Wildman–Crippen MR) is 118 cm³/mol. The lowest BCUT2D eigenvalue weighted by molar-refractivity contribution is -0.133. The van der Waals surface area contributed by atoms with Gasteiger partial charge in [-0.1, -0.05) is 18.0 Å². The molecule has 0 N–H and O–H groups in total. The zero-order valence-corrected chi connectivity index (χ0v) is 19.4. The van der Waals surface area contributed by atoms with Gasteiger partial charge in [0.25, 0.3) is 0 Å². The van der Waals surface area contributed by atoms with Crippen LogP contribution in [-0.2, 0) is 21.5 Å². The molecular formula is C24H35N5O3. The maximum absolute atomic E-state index is 12.9. The molecule has 2 aliphatic heterocycles. The molecule has 0 spiro atoms. The number of nitrogens with zero attached hydrogens (tertiary/aromatic N) is 5. The van der Waals surface area contributed by atoms with Crippen molar-refractivity contribution in [2.45, 2.75) is 83.1 Å². The van der Waals surface area contributed by atoms with E-state index in [1.807, 2.05) is 23.4 Å². The van der Waals surface area contributed by atoms with E-state index >= 15 is 0 Å². The number of aryl methyl sites for hydroxylation is 3. The molecule has 2 saturated heterocycles. The Morgan fingerprint density at radius 3 is 2.56 bits per heavy atom.